The average Bonchev–Trinajstić information content (AvgIpc) is 2.86. The maximum Gasteiger partial charge on any atom is 0.378 e. The van der Waals surface area contributed by atoms with Crippen molar-refractivity contribution in [1.82, 2.24) is 19.9 Å². The average molecular weight is 222 g/mol. The van der Waals surface area contributed by atoms with E-state index < -0.39 is 5.97 Å². The van der Waals surface area contributed by atoms with E-state index in [1.807, 2.05) is 0 Å². The highest BCUT2D eigenvalue weighted by Crippen LogP contribution is 2.13. The number of rotatable bonds is 3. The predicted octanol–water partition coefficient (Wildman–Crippen LogP) is 0.647. The molecular weight excluding hydrogens is 212 g/mol. The normalized spacial score (nSPS) is 10.4. The molecule has 2 aromatic rings. The molecule has 0 aliphatic carbocycles. The summed E-state index contributed by atoms with van der Waals surface area (Å²) in [4.78, 5) is 15.4. The molecule has 2 aromatic heterocycles. The van der Waals surface area contributed by atoms with Crippen molar-refractivity contribution in [3.8, 4) is 11.5 Å². The molecule has 7 heteroatoms. The smallest absolute Gasteiger partial charge is 0.378 e. The van der Waals surface area contributed by atoms with Crippen molar-refractivity contribution in [2.24, 2.45) is 7.05 Å². The molecule has 84 valence electrons. The van der Waals surface area contributed by atoms with Crippen LogP contribution in [0, 0.1) is 0 Å². The van der Waals surface area contributed by atoms with Gasteiger partial charge in [0.1, 0.15) is 6.26 Å². The molecular formula is C9H10N4O3. The van der Waals surface area contributed by atoms with Gasteiger partial charge in [-0.15, -0.1) is 5.10 Å². The maximum absolute atomic E-state index is 11.4. The Morgan fingerprint density at radius 2 is 2.44 bits per heavy atom. The van der Waals surface area contributed by atoms with Gasteiger partial charge in [0.2, 0.25) is 0 Å². The lowest BCUT2D eigenvalue weighted by molar-refractivity contribution is 0.0512. The molecule has 0 atom stereocenters. The Hall–Kier alpha value is -2.18. The van der Waals surface area contributed by atoms with Crippen LogP contribution in [0.4, 0.5) is 0 Å². The van der Waals surface area contributed by atoms with Crippen LogP contribution in [0.2, 0.25) is 0 Å². The van der Waals surface area contributed by atoms with Crippen molar-refractivity contribution in [3.63, 3.8) is 0 Å². The number of hydrogen-bond acceptors (Lipinski definition) is 6. The first-order chi connectivity index (χ1) is 7.72. The van der Waals surface area contributed by atoms with Crippen LogP contribution in [0.15, 0.2) is 16.9 Å². The van der Waals surface area contributed by atoms with Crippen LogP contribution in [0.25, 0.3) is 11.5 Å². The standard InChI is InChI=1S/C9H10N4O3/c1-3-15-9(14)7-10-8(13(2)11-7)6-4-5-16-12-6/h4-5H,3H2,1-2H3. The Balaban J connectivity index is 2.32. The Morgan fingerprint density at radius 3 is 3.06 bits per heavy atom. The molecule has 0 unspecified atom stereocenters. The molecule has 2 heterocycles. The summed E-state index contributed by atoms with van der Waals surface area (Å²) in [5, 5.41) is 7.65. The predicted molar refractivity (Wildman–Crippen MR) is 52.5 cm³/mol. The van der Waals surface area contributed by atoms with E-state index in [0.29, 0.717) is 11.5 Å². The van der Waals surface area contributed by atoms with Gasteiger partial charge < -0.3 is 9.26 Å². The Labute approximate surface area is 91.0 Å². The van der Waals surface area contributed by atoms with Crippen molar-refractivity contribution < 1.29 is 14.1 Å². The monoisotopic (exact) mass is 222 g/mol. The maximum atomic E-state index is 11.4. The number of carbonyl (C=O) groups is 1. The fourth-order valence-corrected chi connectivity index (χ4v) is 1.22. The molecule has 7 nitrogen and oxygen atoms in total. The third-order valence-electron chi connectivity index (χ3n) is 1.89. The van der Waals surface area contributed by atoms with Crippen molar-refractivity contribution in [2.75, 3.05) is 6.61 Å². The van der Waals surface area contributed by atoms with E-state index >= 15 is 0 Å². The fraction of sp³-hybridized carbons (Fsp3) is 0.333. The summed E-state index contributed by atoms with van der Waals surface area (Å²) in [6.45, 7) is 2.01. The minimum absolute atomic E-state index is 0.0161. The number of hydrogen-bond donors (Lipinski definition) is 0. The highest BCUT2D eigenvalue weighted by molar-refractivity contribution is 5.85. The van der Waals surface area contributed by atoms with E-state index in [9.17, 15) is 4.79 Å². The molecule has 0 aliphatic heterocycles. The van der Waals surface area contributed by atoms with Gasteiger partial charge >= 0.3 is 5.97 Å². The van der Waals surface area contributed by atoms with Gasteiger partial charge in [-0.3, -0.25) is 0 Å². The van der Waals surface area contributed by atoms with Gasteiger partial charge in [0, 0.05) is 13.1 Å². The first-order valence-corrected chi connectivity index (χ1v) is 4.71. The lowest BCUT2D eigenvalue weighted by Gasteiger charge is -1.94. The minimum Gasteiger partial charge on any atom is -0.460 e. The molecule has 0 amide bonds. The van der Waals surface area contributed by atoms with Crippen LogP contribution in [-0.4, -0.2) is 32.5 Å². The minimum atomic E-state index is -0.548. The van der Waals surface area contributed by atoms with E-state index in [1.54, 1.807) is 20.0 Å². The SMILES string of the molecule is CCOC(=O)c1nc(-c2ccon2)n(C)n1. The third-order valence-corrected chi connectivity index (χ3v) is 1.89. The second-order valence-electron chi connectivity index (χ2n) is 2.99. The van der Waals surface area contributed by atoms with E-state index in [2.05, 4.69) is 15.2 Å². The second-order valence-corrected chi connectivity index (χ2v) is 2.99. The molecule has 16 heavy (non-hydrogen) atoms. The Kier molecular flexibility index (Phi) is 2.67. The lowest BCUT2D eigenvalue weighted by Crippen LogP contribution is -2.07. The Morgan fingerprint density at radius 1 is 1.62 bits per heavy atom. The first-order valence-electron chi connectivity index (χ1n) is 4.71. The van der Waals surface area contributed by atoms with Crippen LogP contribution in [0.1, 0.15) is 17.5 Å². The van der Waals surface area contributed by atoms with Gasteiger partial charge in [0.05, 0.1) is 6.61 Å². The zero-order valence-electron chi connectivity index (χ0n) is 8.88. The van der Waals surface area contributed by atoms with E-state index in [0.717, 1.165) is 0 Å². The highest BCUT2D eigenvalue weighted by atomic mass is 16.5. The largest absolute Gasteiger partial charge is 0.460 e. The number of ether oxygens (including phenoxy) is 1. The van der Waals surface area contributed by atoms with Crippen molar-refractivity contribution in [3.05, 3.63) is 18.2 Å². The molecule has 0 N–H and O–H groups in total. The van der Waals surface area contributed by atoms with Gasteiger partial charge in [-0.05, 0) is 6.92 Å². The van der Waals surface area contributed by atoms with Crippen molar-refractivity contribution in [1.29, 1.82) is 0 Å². The van der Waals surface area contributed by atoms with Gasteiger partial charge in [0.15, 0.2) is 11.5 Å². The summed E-state index contributed by atoms with van der Waals surface area (Å²) in [5.41, 5.74) is 0.519. The van der Waals surface area contributed by atoms with E-state index in [-0.39, 0.29) is 12.4 Å². The van der Waals surface area contributed by atoms with Crippen LogP contribution in [0.5, 0.6) is 0 Å². The zero-order valence-corrected chi connectivity index (χ0v) is 8.88. The first kappa shape index (κ1) is 10.3. The Bertz CT molecular complexity index is 489. The molecule has 2 rings (SSSR count). The summed E-state index contributed by atoms with van der Waals surface area (Å²) in [6, 6.07) is 1.64. The van der Waals surface area contributed by atoms with E-state index in [4.69, 9.17) is 9.26 Å². The highest BCUT2D eigenvalue weighted by Gasteiger charge is 2.17. The van der Waals surface area contributed by atoms with E-state index in [1.165, 1.54) is 10.9 Å². The van der Waals surface area contributed by atoms with Crippen molar-refractivity contribution in [2.45, 2.75) is 6.92 Å². The molecule has 0 aromatic carbocycles. The topological polar surface area (TPSA) is 83.0 Å². The molecule has 0 saturated heterocycles. The molecule has 0 fully saturated rings. The second kappa shape index (κ2) is 4.13. The zero-order chi connectivity index (χ0) is 11.5. The van der Waals surface area contributed by atoms with Gasteiger partial charge in [-0.2, -0.15) is 4.98 Å². The number of carbonyl (C=O) groups excluding carboxylic acids is 1. The van der Waals surface area contributed by atoms with Gasteiger partial charge in [0.25, 0.3) is 5.82 Å². The summed E-state index contributed by atoms with van der Waals surface area (Å²) in [6.07, 6.45) is 1.42. The number of esters is 1. The van der Waals surface area contributed by atoms with Crippen LogP contribution < -0.4 is 0 Å². The quantitative estimate of drug-likeness (QED) is 0.709. The summed E-state index contributed by atoms with van der Waals surface area (Å²) < 4.78 is 10.9. The summed E-state index contributed by atoms with van der Waals surface area (Å²) >= 11 is 0. The van der Waals surface area contributed by atoms with Crippen LogP contribution in [0.3, 0.4) is 0 Å². The van der Waals surface area contributed by atoms with Crippen LogP contribution in [-0.2, 0) is 11.8 Å². The van der Waals surface area contributed by atoms with Crippen LogP contribution >= 0.6 is 0 Å². The summed E-state index contributed by atoms with van der Waals surface area (Å²) in [7, 11) is 1.67. The lowest BCUT2D eigenvalue weighted by atomic mass is 10.4. The number of aryl methyl sites for hydroxylation is 1. The molecule has 0 spiro atoms. The third kappa shape index (κ3) is 1.79. The molecule has 0 radical (unpaired) electrons. The van der Waals surface area contributed by atoms with Gasteiger partial charge in [-0.25, -0.2) is 9.48 Å². The van der Waals surface area contributed by atoms with Crippen molar-refractivity contribution >= 4 is 5.97 Å². The molecule has 0 bridgehead atoms. The summed E-state index contributed by atoms with van der Waals surface area (Å²) in [5.74, 6) is -0.0769. The van der Waals surface area contributed by atoms with Gasteiger partial charge in [-0.1, -0.05) is 5.16 Å². The molecule has 0 saturated carbocycles. The number of nitrogens with zero attached hydrogens (tertiary/aromatic N) is 4. The fourth-order valence-electron chi connectivity index (χ4n) is 1.22. The molecule has 0 aliphatic rings. The number of aromatic nitrogens is 4.